The number of hydrogen-bond acceptors (Lipinski definition) is 6. The van der Waals surface area contributed by atoms with Gasteiger partial charge in [-0.2, -0.15) is 13.2 Å². The van der Waals surface area contributed by atoms with E-state index in [9.17, 15) is 28.1 Å². The number of anilines is 2. The summed E-state index contributed by atoms with van der Waals surface area (Å²) in [5.74, 6) is -0.0725. The maximum Gasteiger partial charge on any atom is 0.418 e. The highest BCUT2D eigenvalue weighted by molar-refractivity contribution is 6.30. The van der Waals surface area contributed by atoms with Gasteiger partial charge < -0.3 is 19.9 Å². The van der Waals surface area contributed by atoms with Crippen molar-refractivity contribution in [2.24, 2.45) is 0 Å². The number of nitrogens with zero attached hydrogens (tertiary/aromatic N) is 3. The van der Waals surface area contributed by atoms with Crippen LogP contribution in [0.4, 0.5) is 30.2 Å². The number of alkyl halides is 3. The van der Waals surface area contributed by atoms with Crippen LogP contribution in [0.5, 0.6) is 0 Å². The zero-order valence-corrected chi connectivity index (χ0v) is 20.8. The summed E-state index contributed by atoms with van der Waals surface area (Å²) in [6, 6.07) is 10.1. The first kappa shape index (κ1) is 27.0. The Morgan fingerprint density at radius 3 is 2.30 bits per heavy atom. The highest BCUT2D eigenvalue weighted by Gasteiger charge is 2.36. The number of ether oxygens (including phenoxy) is 1. The van der Waals surface area contributed by atoms with Crippen molar-refractivity contribution in [3.8, 4) is 0 Å². The highest BCUT2D eigenvalue weighted by atomic mass is 35.5. The van der Waals surface area contributed by atoms with Crippen LogP contribution in [-0.2, 0) is 15.7 Å². The molecule has 0 radical (unpaired) electrons. The Morgan fingerprint density at radius 2 is 1.70 bits per heavy atom. The van der Waals surface area contributed by atoms with Crippen molar-refractivity contribution >= 4 is 34.6 Å². The molecule has 8 nitrogen and oxygen atoms in total. The van der Waals surface area contributed by atoms with Crippen LogP contribution in [-0.4, -0.2) is 60.7 Å². The van der Waals surface area contributed by atoms with E-state index in [4.69, 9.17) is 16.3 Å². The lowest BCUT2D eigenvalue weighted by atomic mass is 9.92. The second-order valence-corrected chi connectivity index (χ2v) is 9.69. The molecule has 0 aromatic heterocycles. The van der Waals surface area contributed by atoms with Crippen molar-refractivity contribution in [3.63, 3.8) is 0 Å². The number of nitro groups is 1. The van der Waals surface area contributed by atoms with Gasteiger partial charge in [0.2, 0.25) is 5.91 Å². The monoisotopic (exact) mass is 540 g/mol. The van der Waals surface area contributed by atoms with Gasteiger partial charge in [0, 0.05) is 60.8 Å². The van der Waals surface area contributed by atoms with Crippen LogP contribution in [0.2, 0.25) is 5.02 Å². The Labute approximate surface area is 217 Å². The molecule has 4 rings (SSSR count). The third kappa shape index (κ3) is 7.04. The lowest BCUT2D eigenvalue weighted by molar-refractivity contribution is -0.385. The number of rotatable bonds is 7. The standard InChI is InChI=1S/C25H28ClF3N4O4/c26-17-1-5-19(6-2-17)31-11-13-32(14-12-31)24(34)16-37-21-8-3-18(4-9-21)30-23-10-7-20(33(35)36)15-22(23)25(27,28)29/h1-2,5-7,10,15,18,21,30H,3-4,8-9,11-14,16H2. The van der Waals surface area contributed by atoms with E-state index in [1.807, 2.05) is 24.3 Å². The Bertz CT molecular complexity index is 1100. The number of nitrogens with one attached hydrogen (secondary N) is 1. The van der Waals surface area contributed by atoms with Crippen molar-refractivity contribution in [3.05, 3.63) is 63.2 Å². The maximum atomic E-state index is 13.4. The molecule has 37 heavy (non-hydrogen) atoms. The number of halogens is 4. The van der Waals surface area contributed by atoms with Crippen LogP contribution >= 0.6 is 11.6 Å². The second-order valence-electron chi connectivity index (χ2n) is 9.26. The van der Waals surface area contributed by atoms with Crippen LogP contribution < -0.4 is 10.2 Å². The first-order valence-electron chi connectivity index (χ1n) is 12.1. The Balaban J connectivity index is 1.21. The molecular formula is C25H28ClF3N4O4. The van der Waals surface area contributed by atoms with Crippen LogP contribution in [0.1, 0.15) is 31.2 Å². The van der Waals surface area contributed by atoms with Crippen LogP contribution in [0.3, 0.4) is 0 Å². The summed E-state index contributed by atoms with van der Waals surface area (Å²) in [4.78, 5) is 26.7. The first-order valence-corrected chi connectivity index (χ1v) is 12.5. The van der Waals surface area contributed by atoms with E-state index in [-0.39, 0.29) is 30.3 Å². The van der Waals surface area contributed by atoms with Crippen LogP contribution in [0.15, 0.2) is 42.5 Å². The third-order valence-corrected chi connectivity index (χ3v) is 7.07. The Hall–Kier alpha value is -3.05. The fraction of sp³-hybridized carbons (Fsp3) is 0.480. The second kappa shape index (κ2) is 11.6. The molecule has 2 aromatic carbocycles. The molecule has 1 aliphatic carbocycles. The molecule has 1 N–H and O–H groups in total. The fourth-order valence-electron chi connectivity index (χ4n) is 4.75. The molecule has 0 atom stereocenters. The summed E-state index contributed by atoms with van der Waals surface area (Å²) in [6.45, 7) is 2.60. The SMILES string of the molecule is O=C(COC1CCC(Nc2ccc([N+](=O)[O-])cc2C(F)(F)F)CC1)N1CCN(c2ccc(Cl)cc2)CC1. The van der Waals surface area contributed by atoms with E-state index in [0.29, 0.717) is 63.0 Å². The van der Waals surface area contributed by atoms with Gasteiger partial charge in [-0.15, -0.1) is 0 Å². The Kier molecular flexibility index (Phi) is 8.43. The van der Waals surface area contributed by atoms with Crippen molar-refractivity contribution in [2.75, 3.05) is 43.0 Å². The molecule has 0 unspecified atom stereocenters. The number of nitro benzene ring substituents is 1. The van der Waals surface area contributed by atoms with Crippen LogP contribution in [0.25, 0.3) is 0 Å². The normalized spacial score (nSPS) is 20.5. The lowest BCUT2D eigenvalue weighted by Gasteiger charge is -2.36. The third-order valence-electron chi connectivity index (χ3n) is 6.82. The molecule has 1 saturated heterocycles. The van der Waals surface area contributed by atoms with E-state index >= 15 is 0 Å². The van der Waals surface area contributed by atoms with E-state index in [1.165, 1.54) is 0 Å². The van der Waals surface area contributed by atoms with Gasteiger partial charge >= 0.3 is 6.18 Å². The minimum Gasteiger partial charge on any atom is -0.382 e. The molecule has 0 bridgehead atoms. The summed E-state index contributed by atoms with van der Waals surface area (Å²) in [5, 5.41) is 14.5. The topological polar surface area (TPSA) is 87.9 Å². The Morgan fingerprint density at radius 1 is 1.05 bits per heavy atom. The van der Waals surface area contributed by atoms with E-state index in [0.717, 1.165) is 17.8 Å². The summed E-state index contributed by atoms with van der Waals surface area (Å²) >= 11 is 5.95. The predicted molar refractivity (Wildman–Crippen MR) is 134 cm³/mol. The smallest absolute Gasteiger partial charge is 0.382 e. The van der Waals surface area contributed by atoms with Crippen molar-refractivity contribution in [2.45, 2.75) is 44.0 Å². The van der Waals surface area contributed by atoms with E-state index in [2.05, 4.69) is 10.2 Å². The van der Waals surface area contributed by atoms with E-state index in [1.54, 1.807) is 4.90 Å². The highest BCUT2D eigenvalue weighted by Crippen LogP contribution is 2.38. The zero-order chi connectivity index (χ0) is 26.6. The molecule has 1 saturated carbocycles. The summed E-state index contributed by atoms with van der Waals surface area (Å²) < 4.78 is 46.1. The summed E-state index contributed by atoms with van der Waals surface area (Å²) in [6.07, 6.45) is -2.53. The average Bonchev–Trinajstić information content (AvgIpc) is 2.88. The van der Waals surface area contributed by atoms with Gasteiger partial charge in [0.25, 0.3) is 5.69 Å². The number of non-ortho nitro benzene ring substituents is 1. The number of amides is 1. The molecule has 2 fully saturated rings. The van der Waals surface area contributed by atoms with Gasteiger partial charge in [-0.3, -0.25) is 14.9 Å². The first-order chi connectivity index (χ1) is 17.6. The summed E-state index contributed by atoms with van der Waals surface area (Å²) in [7, 11) is 0. The number of carbonyl (C=O) groups is 1. The quantitative estimate of drug-likeness (QED) is 0.376. The number of piperazine rings is 1. The zero-order valence-electron chi connectivity index (χ0n) is 20.0. The van der Waals surface area contributed by atoms with Gasteiger partial charge in [0.1, 0.15) is 6.61 Å². The van der Waals surface area contributed by atoms with Gasteiger partial charge in [-0.1, -0.05) is 11.6 Å². The molecule has 1 aliphatic heterocycles. The van der Waals surface area contributed by atoms with Crippen LogP contribution in [0, 0.1) is 10.1 Å². The number of hydrogen-bond donors (Lipinski definition) is 1. The molecule has 2 aliphatic rings. The minimum absolute atomic E-state index is 0.0235. The van der Waals surface area contributed by atoms with E-state index < -0.39 is 22.4 Å². The van der Waals surface area contributed by atoms with Gasteiger partial charge in [0.15, 0.2) is 0 Å². The minimum atomic E-state index is -4.71. The molecule has 1 amide bonds. The molecule has 1 heterocycles. The number of benzene rings is 2. The fourth-order valence-corrected chi connectivity index (χ4v) is 4.87. The van der Waals surface area contributed by atoms with Gasteiger partial charge in [-0.25, -0.2) is 0 Å². The van der Waals surface area contributed by atoms with Crippen molar-refractivity contribution in [1.82, 2.24) is 4.90 Å². The van der Waals surface area contributed by atoms with Gasteiger partial charge in [-0.05, 0) is 56.0 Å². The largest absolute Gasteiger partial charge is 0.418 e. The molecular weight excluding hydrogens is 513 g/mol. The maximum absolute atomic E-state index is 13.4. The molecule has 12 heteroatoms. The summed E-state index contributed by atoms with van der Waals surface area (Å²) in [5.41, 5.74) is -0.766. The molecule has 0 spiro atoms. The predicted octanol–water partition coefficient (Wildman–Crippen LogP) is 5.36. The van der Waals surface area contributed by atoms with Crippen molar-refractivity contribution < 1.29 is 27.6 Å². The molecule has 200 valence electrons. The number of carbonyl (C=O) groups excluding carboxylic acids is 1. The van der Waals surface area contributed by atoms with Crippen molar-refractivity contribution in [1.29, 1.82) is 0 Å². The van der Waals surface area contributed by atoms with Gasteiger partial charge in [0.05, 0.1) is 16.6 Å². The lowest BCUT2D eigenvalue weighted by Crippen LogP contribution is -2.50. The molecule has 2 aromatic rings. The average molecular weight is 541 g/mol.